The molecule has 4 fully saturated rings. The van der Waals surface area contributed by atoms with E-state index in [1.165, 1.54) is 38.5 Å². The number of nitrogens with zero attached hydrogens (tertiary/aromatic N) is 1. The largest absolute Gasteiger partial charge is 0.352 e. The highest BCUT2D eigenvalue weighted by molar-refractivity contribution is 5.81. The van der Waals surface area contributed by atoms with Crippen LogP contribution in [-0.4, -0.2) is 43.0 Å². The average molecular weight is 351 g/mol. The number of hydrogen-bond acceptors (Lipinski definition) is 3. The van der Waals surface area contributed by atoms with Crippen molar-refractivity contribution in [1.82, 2.24) is 10.2 Å². The summed E-state index contributed by atoms with van der Waals surface area (Å²) in [6.45, 7) is 1.28. The van der Waals surface area contributed by atoms with Crippen LogP contribution in [0.1, 0.15) is 57.8 Å². The molecule has 6 nitrogen and oxygen atoms in total. The topological polar surface area (TPSA) is 101 Å². The Labute approximate surface area is 151 Å². The van der Waals surface area contributed by atoms with Gasteiger partial charge in [-0.2, -0.15) is 0 Å². The lowest BCUT2D eigenvalue weighted by molar-refractivity contribution is -0.132. The molecular weight excluding hydrogens is 316 g/mol. The fourth-order valence-corrected chi connectivity index (χ4v) is 6.05. The van der Waals surface area contributed by atoms with Crippen molar-refractivity contribution >= 4 is 11.9 Å². The molecule has 4 aliphatic carbocycles. The summed E-state index contributed by atoms with van der Waals surface area (Å²) in [5.41, 5.74) is 11.6. The zero-order chi connectivity index (χ0) is 18.0. The Balaban J connectivity index is 1.42. The summed E-state index contributed by atoms with van der Waals surface area (Å²) >= 11 is 0. The summed E-state index contributed by atoms with van der Waals surface area (Å²) in [5.74, 6) is 2.87. The first-order valence-corrected chi connectivity index (χ1v) is 9.91. The van der Waals surface area contributed by atoms with Crippen LogP contribution in [0.2, 0.25) is 0 Å². The molecule has 4 saturated carbocycles. The van der Waals surface area contributed by atoms with Crippen molar-refractivity contribution in [2.75, 3.05) is 20.1 Å². The maximum absolute atomic E-state index is 12.5. The zero-order valence-electron chi connectivity index (χ0n) is 15.5. The molecule has 0 aromatic rings. The molecule has 0 aliphatic heterocycles. The molecule has 6 heteroatoms. The molecule has 0 aromatic heterocycles. The number of rotatable bonds is 8. The number of carbonyl (C=O) groups is 2. The van der Waals surface area contributed by atoms with Gasteiger partial charge in [0, 0.05) is 20.1 Å². The van der Waals surface area contributed by atoms with Gasteiger partial charge in [0.2, 0.25) is 5.91 Å². The van der Waals surface area contributed by atoms with E-state index in [-0.39, 0.29) is 5.91 Å². The Morgan fingerprint density at radius 2 is 1.72 bits per heavy atom. The molecule has 4 aliphatic rings. The highest BCUT2D eigenvalue weighted by Gasteiger charge is 2.50. The molecule has 1 atom stereocenters. The van der Waals surface area contributed by atoms with Crippen LogP contribution in [0.25, 0.3) is 0 Å². The Kier molecular flexibility index (Phi) is 5.56. The fraction of sp³-hybridized carbons (Fsp3) is 0.895. The van der Waals surface area contributed by atoms with Crippen LogP contribution < -0.4 is 16.8 Å². The quantitative estimate of drug-likeness (QED) is 0.582. The zero-order valence-corrected chi connectivity index (χ0v) is 15.5. The van der Waals surface area contributed by atoms with E-state index in [0.717, 1.165) is 30.7 Å². The highest BCUT2D eigenvalue weighted by Crippen LogP contribution is 2.61. The Morgan fingerprint density at radius 3 is 2.24 bits per heavy atom. The molecule has 25 heavy (non-hydrogen) atoms. The van der Waals surface area contributed by atoms with E-state index in [9.17, 15) is 9.59 Å². The summed E-state index contributed by atoms with van der Waals surface area (Å²) in [6.07, 6.45) is 10.9. The van der Waals surface area contributed by atoms with E-state index in [1.807, 2.05) is 11.9 Å². The number of amides is 3. The fourth-order valence-electron chi connectivity index (χ4n) is 6.05. The summed E-state index contributed by atoms with van der Waals surface area (Å²) in [4.78, 5) is 24.9. The van der Waals surface area contributed by atoms with Crippen LogP contribution in [0.5, 0.6) is 0 Å². The minimum atomic E-state index is -0.535. The van der Waals surface area contributed by atoms with E-state index >= 15 is 0 Å². The van der Waals surface area contributed by atoms with Crippen LogP contribution in [0.3, 0.4) is 0 Å². The summed E-state index contributed by atoms with van der Waals surface area (Å²) in [6, 6.07) is -1.02. The predicted octanol–water partition coefficient (Wildman–Crippen LogP) is 1.83. The number of urea groups is 1. The van der Waals surface area contributed by atoms with Crippen LogP contribution >= 0.6 is 0 Å². The molecule has 3 amide bonds. The first kappa shape index (κ1) is 18.5. The molecule has 4 bridgehead atoms. The van der Waals surface area contributed by atoms with E-state index in [4.69, 9.17) is 11.5 Å². The van der Waals surface area contributed by atoms with E-state index in [2.05, 4.69) is 5.32 Å². The van der Waals surface area contributed by atoms with Crippen molar-refractivity contribution in [3.05, 3.63) is 0 Å². The number of carbonyl (C=O) groups excluding carboxylic acids is 2. The van der Waals surface area contributed by atoms with E-state index < -0.39 is 12.1 Å². The lowest BCUT2D eigenvalue weighted by atomic mass is 9.49. The van der Waals surface area contributed by atoms with Gasteiger partial charge in [0.1, 0.15) is 0 Å². The molecular formula is C19H34N4O2. The summed E-state index contributed by atoms with van der Waals surface area (Å²) in [7, 11) is 1.88. The SMILES string of the molecule is CN(CCC12CC3CC(CC(C3)C1)C2)C(=O)C(N)CCCNC(N)=O. The normalized spacial score (nSPS) is 33.9. The van der Waals surface area contributed by atoms with Gasteiger partial charge in [-0.05, 0) is 81.0 Å². The monoisotopic (exact) mass is 350 g/mol. The number of primary amides is 1. The van der Waals surface area contributed by atoms with E-state index in [1.54, 1.807) is 0 Å². The second-order valence-electron chi connectivity index (χ2n) is 8.97. The number of hydrogen-bond donors (Lipinski definition) is 3. The van der Waals surface area contributed by atoms with Crippen LogP contribution in [0, 0.1) is 23.2 Å². The Bertz CT molecular complexity index is 472. The Morgan fingerprint density at radius 1 is 1.16 bits per heavy atom. The minimum absolute atomic E-state index is 0.0174. The van der Waals surface area contributed by atoms with Crippen molar-refractivity contribution in [3.8, 4) is 0 Å². The van der Waals surface area contributed by atoms with Crippen LogP contribution in [0.15, 0.2) is 0 Å². The molecule has 4 rings (SSSR count). The molecule has 1 unspecified atom stereocenters. The van der Waals surface area contributed by atoms with Gasteiger partial charge in [0.15, 0.2) is 0 Å². The Hall–Kier alpha value is -1.30. The first-order chi connectivity index (χ1) is 11.9. The molecule has 5 N–H and O–H groups in total. The molecule has 0 heterocycles. The molecule has 142 valence electrons. The maximum Gasteiger partial charge on any atom is 0.312 e. The molecule has 0 saturated heterocycles. The number of nitrogens with one attached hydrogen (secondary N) is 1. The lowest BCUT2D eigenvalue weighted by Crippen LogP contribution is -2.48. The van der Waals surface area contributed by atoms with Crippen molar-refractivity contribution < 1.29 is 9.59 Å². The van der Waals surface area contributed by atoms with Gasteiger partial charge >= 0.3 is 6.03 Å². The summed E-state index contributed by atoms with van der Waals surface area (Å²) in [5, 5.41) is 2.53. The van der Waals surface area contributed by atoms with Gasteiger partial charge < -0.3 is 21.7 Å². The van der Waals surface area contributed by atoms with Crippen molar-refractivity contribution in [2.45, 2.75) is 63.8 Å². The van der Waals surface area contributed by atoms with Crippen molar-refractivity contribution in [2.24, 2.45) is 34.6 Å². The third-order valence-corrected chi connectivity index (χ3v) is 6.83. The molecule has 0 aromatic carbocycles. The van der Waals surface area contributed by atoms with Gasteiger partial charge in [-0.25, -0.2) is 4.79 Å². The van der Waals surface area contributed by atoms with Crippen LogP contribution in [0.4, 0.5) is 4.79 Å². The van der Waals surface area contributed by atoms with Gasteiger partial charge in [-0.3, -0.25) is 4.79 Å². The molecule has 0 radical (unpaired) electrons. The lowest BCUT2D eigenvalue weighted by Gasteiger charge is -2.57. The van der Waals surface area contributed by atoms with E-state index in [0.29, 0.717) is 24.8 Å². The van der Waals surface area contributed by atoms with Crippen LogP contribution in [-0.2, 0) is 4.79 Å². The second-order valence-corrected chi connectivity index (χ2v) is 8.97. The van der Waals surface area contributed by atoms with Gasteiger partial charge in [-0.15, -0.1) is 0 Å². The standard InChI is InChI=1S/C19H34N4O2/c1-23(17(24)16(20)3-2-5-22-18(21)25)6-4-19-10-13-7-14(11-19)9-15(8-13)12-19/h13-16H,2-12,20H2,1H3,(H3,21,22,25). The average Bonchev–Trinajstić information content (AvgIpc) is 2.54. The number of likely N-dealkylation sites (N-methyl/N-ethyl adjacent to an activating group) is 1. The maximum atomic E-state index is 12.5. The predicted molar refractivity (Wildman–Crippen MR) is 97.7 cm³/mol. The third kappa shape index (κ3) is 4.46. The first-order valence-electron chi connectivity index (χ1n) is 9.91. The third-order valence-electron chi connectivity index (χ3n) is 6.83. The van der Waals surface area contributed by atoms with Gasteiger partial charge in [0.05, 0.1) is 6.04 Å². The van der Waals surface area contributed by atoms with Crippen molar-refractivity contribution in [3.63, 3.8) is 0 Å². The van der Waals surface area contributed by atoms with Gasteiger partial charge in [0.25, 0.3) is 0 Å². The molecule has 0 spiro atoms. The van der Waals surface area contributed by atoms with Gasteiger partial charge in [-0.1, -0.05) is 0 Å². The number of nitrogens with two attached hydrogens (primary N) is 2. The smallest absolute Gasteiger partial charge is 0.312 e. The van der Waals surface area contributed by atoms with Crippen molar-refractivity contribution in [1.29, 1.82) is 0 Å². The minimum Gasteiger partial charge on any atom is -0.352 e. The highest BCUT2D eigenvalue weighted by atomic mass is 16.2. The summed E-state index contributed by atoms with van der Waals surface area (Å²) < 4.78 is 0. The second kappa shape index (κ2) is 7.52.